The van der Waals surface area contributed by atoms with Gasteiger partial charge in [-0.25, -0.2) is 4.79 Å². The number of carbonyl (C=O) groups excluding carboxylic acids is 2. The van der Waals surface area contributed by atoms with Gasteiger partial charge in [0.25, 0.3) is 0 Å². The first-order chi connectivity index (χ1) is 15.5. The van der Waals surface area contributed by atoms with Crippen LogP contribution in [-0.2, 0) is 11.3 Å². The van der Waals surface area contributed by atoms with E-state index < -0.39 is 0 Å². The van der Waals surface area contributed by atoms with Crippen LogP contribution in [0.3, 0.4) is 0 Å². The summed E-state index contributed by atoms with van der Waals surface area (Å²) in [6, 6.07) is 8.71. The van der Waals surface area contributed by atoms with Gasteiger partial charge in [-0.1, -0.05) is 51.3 Å². The van der Waals surface area contributed by atoms with Gasteiger partial charge in [-0.2, -0.15) is 0 Å². The van der Waals surface area contributed by atoms with Crippen LogP contribution in [0.2, 0.25) is 0 Å². The van der Waals surface area contributed by atoms with Gasteiger partial charge in [0, 0.05) is 43.3 Å². The van der Waals surface area contributed by atoms with Crippen LogP contribution in [0.1, 0.15) is 77.2 Å². The van der Waals surface area contributed by atoms with Crippen LogP contribution in [0.5, 0.6) is 0 Å². The number of anilines is 1. The van der Waals surface area contributed by atoms with E-state index in [1.807, 2.05) is 23.1 Å². The fraction of sp³-hybridized carbons (Fsp3) is 0.692. The van der Waals surface area contributed by atoms with E-state index in [0.717, 1.165) is 56.6 Å². The Morgan fingerprint density at radius 2 is 1.69 bits per heavy atom. The highest BCUT2D eigenvalue weighted by Crippen LogP contribution is 2.25. The summed E-state index contributed by atoms with van der Waals surface area (Å²) in [7, 11) is 2.20. The second-order valence-electron chi connectivity index (χ2n) is 9.58. The average molecular weight is 443 g/mol. The van der Waals surface area contributed by atoms with Crippen LogP contribution in [0, 0.1) is 5.92 Å². The maximum Gasteiger partial charge on any atom is 0.319 e. The molecule has 3 amide bonds. The number of para-hydroxylation sites is 1. The molecule has 32 heavy (non-hydrogen) atoms. The molecule has 1 saturated heterocycles. The minimum Gasteiger partial charge on any atom is -0.342 e. The number of nitrogens with one attached hydrogen (secondary N) is 2. The Hall–Kier alpha value is -2.08. The van der Waals surface area contributed by atoms with Crippen LogP contribution in [0.25, 0.3) is 0 Å². The summed E-state index contributed by atoms with van der Waals surface area (Å²) in [5.41, 5.74) is 2.04. The molecule has 0 radical (unpaired) electrons. The number of benzene rings is 1. The molecule has 0 spiro atoms. The van der Waals surface area contributed by atoms with E-state index in [9.17, 15) is 9.59 Å². The summed E-state index contributed by atoms with van der Waals surface area (Å²) in [6.07, 6.45) is 9.94. The minimum atomic E-state index is -0.150. The van der Waals surface area contributed by atoms with Crippen LogP contribution in [-0.4, -0.2) is 54.0 Å². The minimum absolute atomic E-state index is 0.109. The third-order valence-corrected chi connectivity index (χ3v) is 7.36. The van der Waals surface area contributed by atoms with Crippen molar-refractivity contribution in [3.05, 3.63) is 29.8 Å². The van der Waals surface area contributed by atoms with Gasteiger partial charge in [0.2, 0.25) is 5.91 Å². The molecule has 0 aromatic heterocycles. The Labute approximate surface area is 194 Å². The van der Waals surface area contributed by atoms with Crippen molar-refractivity contribution < 1.29 is 9.59 Å². The number of hydrogen-bond acceptors (Lipinski definition) is 3. The molecule has 6 heteroatoms. The van der Waals surface area contributed by atoms with Gasteiger partial charge in [0.05, 0.1) is 0 Å². The molecule has 2 N–H and O–H groups in total. The first-order valence-corrected chi connectivity index (χ1v) is 12.7. The summed E-state index contributed by atoms with van der Waals surface area (Å²) >= 11 is 0. The fourth-order valence-electron chi connectivity index (χ4n) is 5.18. The van der Waals surface area contributed by atoms with Crippen molar-refractivity contribution in [1.82, 2.24) is 15.1 Å². The van der Waals surface area contributed by atoms with E-state index >= 15 is 0 Å². The number of hydrogen-bond donors (Lipinski definition) is 2. The predicted octanol–water partition coefficient (Wildman–Crippen LogP) is 5.00. The Kier molecular flexibility index (Phi) is 9.39. The Balaban J connectivity index is 1.49. The summed E-state index contributed by atoms with van der Waals surface area (Å²) in [5.74, 6) is 0.403. The highest BCUT2D eigenvalue weighted by atomic mass is 16.2. The van der Waals surface area contributed by atoms with Crippen molar-refractivity contribution in [3.63, 3.8) is 0 Å². The van der Waals surface area contributed by atoms with Crippen molar-refractivity contribution in [2.75, 3.05) is 25.5 Å². The van der Waals surface area contributed by atoms with Crippen molar-refractivity contribution in [2.45, 2.75) is 90.3 Å². The molecule has 1 aromatic carbocycles. The largest absolute Gasteiger partial charge is 0.342 e. The lowest BCUT2D eigenvalue weighted by Crippen LogP contribution is -2.48. The van der Waals surface area contributed by atoms with Gasteiger partial charge in [-0.3, -0.25) is 9.69 Å². The molecule has 1 saturated carbocycles. The summed E-state index contributed by atoms with van der Waals surface area (Å²) in [5, 5.41) is 6.21. The highest BCUT2D eigenvalue weighted by molar-refractivity contribution is 5.90. The van der Waals surface area contributed by atoms with E-state index in [2.05, 4.69) is 42.5 Å². The fourth-order valence-corrected chi connectivity index (χ4v) is 5.18. The van der Waals surface area contributed by atoms with E-state index in [0.29, 0.717) is 6.04 Å². The lowest BCUT2D eigenvalue weighted by Gasteiger charge is -2.34. The molecule has 2 fully saturated rings. The summed E-state index contributed by atoms with van der Waals surface area (Å²) in [6.45, 7) is 6.45. The summed E-state index contributed by atoms with van der Waals surface area (Å²) in [4.78, 5) is 29.7. The molecule has 1 aromatic rings. The van der Waals surface area contributed by atoms with E-state index in [1.54, 1.807) is 0 Å². The van der Waals surface area contributed by atoms with Gasteiger partial charge in [0.1, 0.15) is 0 Å². The number of piperidine rings is 1. The number of likely N-dealkylation sites (tertiary alicyclic amines) is 1. The zero-order valence-electron chi connectivity index (χ0n) is 20.2. The van der Waals surface area contributed by atoms with Crippen LogP contribution < -0.4 is 10.6 Å². The van der Waals surface area contributed by atoms with E-state index in [1.165, 1.54) is 32.1 Å². The number of nitrogens with zero attached hydrogens (tertiary/aromatic N) is 2. The quantitative estimate of drug-likeness (QED) is 0.595. The first kappa shape index (κ1) is 24.6. The first-order valence-electron chi connectivity index (χ1n) is 12.7. The maximum absolute atomic E-state index is 12.7. The lowest BCUT2D eigenvalue weighted by atomic mass is 9.94. The van der Waals surface area contributed by atoms with Crippen molar-refractivity contribution in [1.29, 1.82) is 0 Å². The molecule has 2 aliphatic rings. The van der Waals surface area contributed by atoms with Gasteiger partial charge in [-0.05, 0) is 57.2 Å². The maximum atomic E-state index is 12.7. The van der Waals surface area contributed by atoms with E-state index in [-0.39, 0.29) is 23.9 Å². The number of urea groups is 1. The number of carbonyl (C=O) groups is 2. The topological polar surface area (TPSA) is 64.7 Å². The third-order valence-electron chi connectivity index (χ3n) is 7.36. The second kappa shape index (κ2) is 12.2. The predicted molar refractivity (Wildman–Crippen MR) is 131 cm³/mol. The van der Waals surface area contributed by atoms with Crippen molar-refractivity contribution >= 4 is 17.6 Å². The Morgan fingerprint density at radius 3 is 2.34 bits per heavy atom. The molecule has 178 valence electrons. The van der Waals surface area contributed by atoms with Crippen LogP contribution in [0.4, 0.5) is 10.5 Å². The average Bonchev–Trinajstić information content (AvgIpc) is 2.82. The molecule has 0 bridgehead atoms. The SMILES string of the molecule is CCC(CC)C(=O)N1CCC(NC(=O)Nc2ccccc2CN(C)C2CCCCC2)CC1. The standard InChI is InChI=1S/C26H42N4O2/c1-4-20(5-2)25(31)30-17-15-22(16-18-30)27-26(32)28-24-14-10-9-11-21(24)19-29(3)23-12-7-6-8-13-23/h9-11,14,20,22-23H,4-8,12-13,15-19H2,1-3H3,(H2,27,28,32). The molecule has 1 heterocycles. The normalized spacial score (nSPS) is 18.2. The summed E-state index contributed by atoms with van der Waals surface area (Å²) < 4.78 is 0. The monoisotopic (exact) mass is 442 g/mol. The zero-order chi connectivity index (χ0) is 22.9. The Morgan fingerprint density at radius 1 is 1.03 bits per heavy atom. The van der Waals surface area contributed by atoms with Crippen LogP contribution in [0.15, 0.2) is 24.3 Å². The lowest BCUT2D eigenvalue weighted by molar-refractivity contribution is -0.136. The van der Waals surface area contributed by atoms with E-state index in [4.69, 9.17) is 0 Å². The van der Waals surface area contributed by atoms with Gasteiger partial charge < -0.3 is 15.5 Å². The number of rotatable bonds is 8. The molecule has 3 rings (SSSR count). The third kappa shape index (κ3) is 6.71. The molecular weight excluding hydrogens is 400 g/mol. The molecule has 0 unspecified atom stereocenters. The molecule has 6 nitrogen and oxygen atoms in total. The van der Waals surface area contributed by atoms with Crippen molar-refractivity contribution in [2.24, 2.45) is 5.92 Å². The molecular formula is C26H42N4O2. The highest BCUT2D eigenvalue weighted by Gasteiger charge is 2.27. The second-order valence-corrected chi connectivity index (χ2v) is 9.58. The molecule has 1 aliphatic heterocycles. The zero-order valence-corrected chi connectivity index (χ0v) is 20.2. The molecule has 1 aliphatic carbocycles. The van der Waals surface area contributed by atoms with Crippen LogP contribution >= 0.6 is 0 Å². The Bertz CT molecular complexity index is 735. The van der Waals surface area contributed by atoms with Gasteiger partial charge in [-0.15, -0.1) is 0 Å². The van der Waals surface area contributed by atoms with Gasteiger partial charge >= 0.3 is 6.03 Å². The van der Waals surface area contributed by atoms with Gasteiger partial charge in [0.15, 0.2) is 0 Å². The molecule has 0 atom stereocenters. The number of amides is 3. The smallest absolute Gasteiger partial charge is 0.319 e. The van der Waals surface area contributed by atoms with Crippen molar-refractivity contribution in [3.8, 4) is 0 Å².